The first-order valence-corrected chi connectivity index (χ1v) is 7.74. The summed E-state index contributed by atoms with van der Waals surface area (Å²) in [6.07, 6.45) is 5.13. The van der Waals surface area contributed by atoms with Crippen LogP contribution in [0.1, 0.15) is 43.9 Å². The lowest BCUT2D eigenvalue weighted by Gasteiger charge is -2.24. The fourth-order valence-electron chi connectivity index (χ4n) is 2.95. The standard InChI is InChI=1S/C16H23Br/c1-11(2)16(12(3)17)10-13-7-8-14-5-4-6-15(14)9-13/h7-9,11-12,16H,4-6,10H2,1-3H3. The van der Waals surface area contributed by atoms with E-state index in [4.69, 9.17) is 0 Å². The normalized spacial score (nSPS) is 18.2. The highest BCUT2D eigenvalue weighted by Crippen LogP contribution is 2.28. The van der Waals surface area contributed by atoms with Crippen molar-refractivity contribution in [3.05, 3.63) is 34.9 Å². The second-order valence-corrected chi connectivity index (χ2v) is 7.19. The van der Waals surface area contributed by atoms with Crippen molar-refractivity contribution in [3.63, 3.8) is 0 Å². The Morgan fingerprint density at radius 1 is 1.12 bits per heavy atom. The first-order valence-electron chi connectivity index (χ1n) is 6.82. The Morgan fingerprint density at radius 2 is 1.82 bits per heavy atom. The molecular weight excluding hydrogens is 272 g/mol. The van der Waals surface area contributed by atoms with Crippen LogP contribution in [0.25, 0.3) is 0 Å². The van der Waals surface area contributed by atoms with Gasteiger partial charge in [0.05, 0.1) is 0 Å². The number of hydrogen-bond donors (Lipinski definition) is 0. The molecule has 0 aliphatic heterocycles. The molecule has 0 bridgehead atoms. The van der Waals surface area contributed by atoms with Gasteiger partial charge < -0.3 is 0 Å². The minimum Gasteiger partial charge on any atom is -0.0890 e. The Labute approximate surface area is 114 Å². The van der Waals surface area contributed by atoms with Gasteiger partial charge in [0.15, 0.2) is 0 Å². The Bertz CT molecular complexity index is 371. The maximum absolute atomic E-state index is 3.76. The molecule has 1 heteroatoms. The molecular formula is C16H23Br. The summed E-state index contributed by atoms with van der Waals surface area (Å²) < 4.78 is 0. The lowest BCUT2D eigenvalue weighted by molar-refractivity contribution is 0.383. The summed E-state index contributed by atoms with van der Waals surface area (Å²) in [5, 5.41) is 0. The third kappa shape index (κ3) is 3.13. The number of halogens is 1. The molecule has 1 aromatic carbocycles. The number of rotatable bonds is 4. The largest absolute Gasteiger partial charge is 0.0890 e. The van der Waals surface area contributed by atoms with Crippen LogP contribution < -0.4 is 0 Å². The predicted octanol–water partition coefficient (Wildman–Crippen LogP) is 4.77. The predicted molar refractivity (Wildman–Crippen MR) is 78.9 cm³/mol. The molecule has 0 saturated carbocycles. The van der Waals surface area contributed by atoms with Gasteiger partial charge in [-0.05, 0) is 54.2 Å². The average Bonchev–Trinajstić information content (AvgIpc) is 2.71. The SMILES string of the molecule is CC(C)C(Cc1ccc2c(c1)CCC2)C(C)Br. The summed E-state index contributed by atoms with van der Waals surface area (Å²) in [5.41, 5.74) is 4.71. The van der Waals surface area contributed by atoms with Gasteiger partial charge in [0.2, 0.25) is 0 Å². The summed E-state index contributed by atoms with van der Waals surface area (Å²) in [7, 11) is 0. The molecule has 0 heterocycles. The minimum atomic E-state index is 0.593. The molecule has 2 unspecified atom stereocenters. The second kappa shape index (κ2) is 5.56. The van der Waals surface area contributed by atoms with Crippen LogP contribution in [0.3, 0.4) is 0 Å². The number of benzene rings is 1. The Balaban J connectivity index is 2.12. The smallest absolute Gasteiger partial charge is 0.0151 e. The van der Waals surface area contributed by atoms with Gasteiger partial charge in [0, 0.05) is 4.83 Å². The first-order chi connectivity index (χ1) is 8.08. The third-order valence-corrected chi connectivity index (χ3v) is 4.76. The van der Waals surface area contributed by atoms with E-state index in [-0.39, 0.29) is 0 Å². The summed E-state index contributed by atoms with van der Waals surface area (Å²) in [6, 6.07) is 7.15. The first kappa shape index (κ1) is 13.1. The molecule has 0 radical (unpaired) electrons. The van der Waals surface area contributed by atoms with Gasteiger partial charge in [0.1, 0.15) is 0 Å². The number of alkyl halides is 1. The van der Waals surface area contributed by atoms with E-state index >= 15 is 0 Å². The molecule has 1 aliphatic carbocycles. The Hall–Kier alpha value is -0.300. The molecule has 0 saturated heterocycles. The molecule has 94 valence electrons. The van der Waals surface area contributed by atoms with Gasteiger partial charge in [-0.25, -0.2) is 0 Å². The van der Waals surface area contributed by atoms with Crippen molar-refractivity contribution in [2.45, 2.75) is 51.3 Å². The van der Waals surface area contributed by atoms with Crippen molar-refractivity contribution >= 4 is 15.9 Å². The van der Waals surface area contributed by atoms with Crippen LogP contribution in [0.15, 0.2) is 18.2 Å². The lowest BCUT2D eigenvalue weighted by Crippen LogP contribution is -2.20. The lowest BCUT2D eigenvalue weighted by atomic mass is 9.86. The molecule has 1 aromatic rings. The zero-order chi connectivity index (χ0) is 12.4. The van der Waals surface area contributed by atoms with Gasteiger partial charge in [-0.3, -0.25) is 0 Å². The molecule has 0 nitrogen and oxygen atoms in total. The molecule has 0 N–H and O–H groups in total. The van der Waals surface area contributed by atoms with E-state index < -0.39 is 0 Å². The fraction of sp³-hybridized carbons (Fsp3) is 0.625. The molecule has 2 atom stereocenters. The van der Waals surface area contributed by atoms with Gasteiger partial charge in [0.25, 0.3) is 0 Å². The monoisotopic (exact) mass is 294 g/mol. The zero-order valence-corrected chi connectivity index (χ0v) is 12.8. The van der Waals surface area contributed by atoms with Crippen LogP contribution in [0.4, 0.5) is 0 Å². The number of hydrogen-bond acceptors (Lipinski definition) is 0. The van der Waals surface area contributed by atoms with Crippen molar-refractivity contribution in [3.8, 4) is 0 Å². The van der Waals surface area contributed by atoms with Crippen LogP contribution in [0.2, 0.25) is 0 Å². The maximum atomic E-state index is 3.76. The summed E-state index contributed by atoms with van der Waals surface area (Å²) in [4.78, 5) is 0.593. The van der Waals surface area contributed by atoms with Crippen molar-refractivity contribution in [2.75, 3.05) is 0 Å². The van der Waals surface area contributed by atoms with Gasteiger partial charge in [-0.1, -0.05) is 54.9 Å². The molecule has 0 amide bonds. The highest BCUT2D eigenvalue weighted by atomic mass is 79.9. The summed E-state index contributed by atoms with van der Waals surface area (Å²) in [6.45, 7) is 6.93. The van der Waals surface area contributed by atoms with E-state index in [0.717, 1.165) is 11.8 Å². The van der Waals surface area contributed by atoms with Gasteiger partial charge in [-0.2, -0.15) is 0 Å². The van der Waals surface area contributed by atoms with Gasteiger partial charge in [-0.15, -0.1) is 0 Å². The average molecular weight is 295 g/mol. The highest BCUT2D eigenvalue weighted by molar-refractivity contribution is 9.09. The Kier molecular flexibility index (Phi) is 4.30. The fourth-order valence-corrected chi connectivity index (χ4v) is 3.75. The third-order valence-electron chi connectivity index (χ3n) is 4.08. The molecule has 0 aromatic heterocycles. The van der Waals surface area contributed by atoms with Crippen LogP contribution in [-0.4, -0.2) is 4.83 Å². The van der Waals surface area contributed by atoms with Crippen LogP contribution >= 0.6 is 15.9 Å². The van der Waals surface area contributed by atoms with E-state index in [1.165, 1.54) is 31.2 Å². The van der Waals surface area contributed by atoms with Crippen molar-refractivity contribution < 1.29 is 0 Å². The molecule has 1 aliphatic rings. The number of aryl methyl sites for hydroxylation is 2. The van der Waals surface area contributed by atoms with Crippen LogP contribution in [0.5, 0.6) is 0 Å². The highest BCUT2D eigenvalue weighted by Gasteiger charge is 2.20. The summed E-state index contributed by atoms with van der Waals surface area (Å²) >= 11 is 3.76. The minimum absolute atomic E-state index is 0.593. The van der Waals surface area contributed by atoms with Crippen molar-refractivity contribution in [1.82, 2.24) is 0 Å². The van der Waals surface area contributed by atoms with E-state index in [9.17, 15) is 0 Å². The van der Waals surface area contributed by atoms with E-state index in [2.05, 4.69) is 54.9 Å². The molecule has 0 spiro atoms. The van der Waals surface area contributed by atoms with Gasteiger partial charge >= 0.3 is 0 Å². The molecule has 17 heavy (non-hydrogen) atoms. The topological polar surface area (TPSA) is 0 Å². The van der Waals surface area contributed by atoms with Crippen LogP contribution in [-0.2, 0) is 19.3 Å². The second-order valence-electron chi connectivity index (χ2n) is 5.75. The van der Waals surface area contributed by atoms with Crippen LogP contribution in [0, 0.1) is 11.8 Å². The van der Waals surface area contributed by atoms with Crippen molar-refractivity contribution in [2.24, 2.45) is 11.8 Å². The van der Waals surface area contributed by atoms with Crippen molar-refractivity contribution in [1.29, 1.82) is 0 Å². The zero-order valence-electron chi connectivity index (χ0n) is 11.2. The Morgan fingerprint density at radius 3 is 2.47 bits per heavy atom. The molecule has 0 fully saturated rings. The molecule has 2 rings (SSSR count). The maximum Gasteiger partial charge on any atom is 0.0151 e. The summed E-state index contributed by atoms with van der Waals surface area (Å²) in [5.74, 6) is 1.46. The number of fused-ring (bicyclic) bond motifs is 1. The van der Waals surface area contributed by atoms with E-state index in [0.29, 0.717) is 4.83 Å². The van der Waals surface area contributed by atoms with E-state index in [1.807, 2.05) is 0 Å². The quantitative estimate of drug-likeness (QED) is 0.702. The van der Waals surface area contributed by atoms with E-state index in [1.54, 1.807) is 11.1 Å².